The van der Waals surface area contributed by atoms with E-state index in [2.05, 4.69) is 15.0 Å². The zero-order valence-corrected chi connectivity index (χ0v) is 17.4. The van der Waals surface area contributed by atoms with E-state index in [1.165, 1.54) is 23.5 Å². The minimum Gasteiger partial charge on any atom is -0.486 e. The summed E-state index contributed by atoms with van der Waals surface area (Å²) in [5.74, 6) is 0.355. The van der Waals surface area contributed by atoms with E-state index in [1.807, 2.05) is 30.3 Å². The molecule has 2 N–H and O–H groups in total. The van der Waals surface area contributed by atoms with E-state index < -0.39 is 22.0 Å². The van der Waals surface area contributed by atoms with Gasteiger partial charge in [0.15, 0.2) is 16.6 Å². The van der Waals surface area contributed by atoms with Crippen LogP contribution >= 0.6 is 11.3 Å². The fraction of sp³-hybridized carbons (Fsp3) is 0.200. The number of nitrogens with one attached hydrogen (secondary N) is 2. The van der Waals surface area contributed by atoms with Gasteiger partial charge in [0.2, 0.25) is 15.9 Å². The third kappa shape index (κ3) is 4.78. The number of thiazole rings is 1. The van der Waals surface area contributed by atoms with Gasteiger partial charge in [-0.25, -0.2) is 13.4 Å². The zero-order valence-electron chi connectivity index (χ0n) is 15.8. The second kappa shape index (κ2) is 8.82. The van der Waals surface area contributed by atoms with Crippen molar-refractivity contribution >= 4 is 32.4 Å². The van der Waals surface area contributed by atoms with Gasteiger partial charge in [0.05, 0.1) is 4.90 Å². The molecule has 3 aromatic rings. The second-order valence-electron chi connectivity index (χ2n) is 6.50. The molecule has 1 aliphatic rings. The fourth-order valence-electron chi connectivity index (χ4n) is 2.96. The van der Waals surface area contributed by atoms with Crippen LogP contribution in [-0.4, -0.2) is 38.6 Å². The summed E-state index contributed by atoms with van der Waals surface area (Å²) in [4.78, 5) is 16.9. The maximum atomic E-state index is 13.0. The Hall–Kier alpha value is -2.95. The summed E-state index contributed by atoms with van der Waals surface area (Å²) in [5.41, 5.74) is 0.821. The van der Waals surface area contributed by atoms with Gasteiger partial charge in [0.1, 0.15) is 19.3 Å². The molecule has 0 bridgehead atoms. The Morgan fingerprint density at radius 1 is 1.10 bits per heavy atom. The molecule has 8 nitrogen and oxygen atoms in total. The summed E-state index contributed by atoms with van der Waals surface area (Å²) in [6.07, 6.45) is 1.74. The van der Waals surface area contributed by atoms with Gasteiger partial charge in [-0.2, -0.15) is 4.72 Å². The van der Waals surface area contributed by atoms with E-state index in [0.717, 1.165) is 5.56 Å². The van der Waals surface area contributed by atoms with Crippen LogP contribution < -0.4 is 19.5 Å². The van der Waals surface area contributed by atoms with E-state index in [9.17, 15) is 13.2 Å². The first kappa shape index (κ1) is 20.3. The molecule has 1 aliphatic heterocycles. The standard InChI is InChI=1S/C20H19N3O5S2/c24-19(22-20-21-8-11-29-20)16(12-14-4-2-1-3-5-14)23-30(25,26)15-6-7-17-18(13-15)28-10-9-27-17/h1-8,11,13,16,23H,9-10,12H2,(H,21,22,24)/t16-/m0/s1. The summed E-state index contributed by atoms with van der Waals surface area (Å²) in [5, 5.41) is 4.79. The first-order chi connectivity index (χ1) is 14.5. The van der Waals surface area contributed by atoms with Gasteiger partial charge in [-0.1, -0.05) is 30.3 Å². The van der Waals surface area contributed by atoms with E-state index in [1.54, 1.807) is 17.6 Å². The Morgan fingerprint density at radius 3 is 2.60 bits per heavy atom. The highest BCUT2D eigenvalue weighted by Gasteiger charge is 2.28. The summed E-state index contributed by atoms with van der Waals surface area (Å²) in [6.45, 7) is 0.754. The molecule has 0 fully saturated rings. The number of fused-ring (bicyclic) bond motifs is 1. The van der Waals surface area contributed by atoms with Gasteiger partial charge in [-0.05, 0) is 24.1 Å². The van der Waals surface area contributed by atoms with Crippen LogP contribution in [0, 0.1) is 0 Å². The molecule has 30 heavy (non-hydrogen) atoms. The van der Waals surface area contributed by atoms with Crippen molar-refractivity contribution in [3.8, 4) is 11.5 Å². The number of nitrogens with zero attached hydrogens (tertiary/aromatic N) is 1. The van der Waals surface area contributed by atoms with Crippen molar-refractivity contribution in [2.24, 2.45) is 0 Å². The van der Waals surface area contributed by atoms with Crippen molar-refractivity contribution in [2.75, 3.05) is 18.5 Å². The molecule has 0 saturated carbocycles. The number of carbonyl (C=O) groups excluding carboxylic acids is 1. The van der Waals surface area contributed by atoms with E-state index >= 15 is 0 Å². The van der Waals surface area contributed by atoms with Crippen LogP contribution in [0.2, 0.25) is 0 Å². The SMILES string of the molecule is O=C(Nc1nccs1)[C@H](Cc1ccccc1)NS(=O)(=O)c1ccc2c(c1)OCCO2. The number of carbonyl (C=O) groups is 1. The van der Waals surface area contributed by atoms with Crippen LogP contribution in [0.25, 0.3) is 0 Å². The van der Waals surface area contributed by atoms with Gasteiger partial charge < -0.3 is 14.8 Å². The zero-order chi connectivity index (χ0) is 21.0. The number of benzene rings is 2. The van der Waals surface area contributed by atoms with Gasteiger partial charge in [-0.3, -0.25) is 4.79 Å². The highest BCUT2D eigenvalue weighted by molar-refractivity contribution is 7.89. The minimum atomic E-state index is -4.00. The molecule has 1 atom stereocenters. The summed E-state index contributed by atoms with van der Waals surface area (Å²) in [6, 6.07) is 12.5. The number of ether oxygens (including phenoxy) is 2. The van der Waals surface area contributed by atoms with Crippen LogP contribution in [-0.2, 0) is 21.2 Å². The number of hydrogen-bond acceptors (Lipinski definition) is 7. The van der Waals surface area contributed by atoms with Crippen molar-refractivity contribution in [3.05, 3.63) is 65.7 Å². The minimum absolute atomic E-state index is 0.00754. The Morgan fingerprint density at radius 2 is 1.87 bits per heavy atom. The molecule has 0 radical (unpaired) electrons. The van der Waals surface area contributed by atoms with Crippen molar-refractivity contribution in [1.82, 2.24) is 9.71 Å². The molecule has 1 aromatic heterocycles. The molecule has 2 aromatic carbocycles. The van der Waals surface area contributed by atoms with Crippen molar-refractivity contribution in [2.45, 2.75) is 17.4 Å². The lowest BCUT2D eigenvalue weighted by atomic mass is 10.1. The lowest BCUT2D eigenvalue weighted by Crippen LogP contribution is -2.45. The third-order valence-corrected chi connectivity index (χ3v) is 6.54. The third-order valence-electron chi connectivity index (χ3n) is 4.38. The molecule has 0 aliphatic carbocycles. The fourth-order valence-corrected chi connectivity index (χ4v) is 4.70. The number of hydrogen-bond donors (Lipinski definition) is 2. The Balaban J connectivity index is 1.58. The van der Waals surface area contributed by atoms with Gasteiger partial charge in [-0.15, -0.1) is 11.3 Å². The molecule has 2 heterocycles. The molecule has 4 rings (SSSR count). The molecule has 156 valence electrons. The monoisotopic (exact) mass is 445 g/mol. The average molecular weight is 446 g/mol. The quantitative estimate of drug-likeness (QED) is 0.579. The first-order valence-electron chi connectivity index (χ1n) is 9.17. The molecule has 1 amide bonds. The number of anilines is 1. The molecule has 0 spiro atoms. The molecule has 10 heteroatoms. The number of sulfonamides is 1. The van der Waals surface area contributed by atoms with Crippen LogP contribution in [0.15, 0.2) is 65.0 Å². The maximum absolute atomic E-state index is 13.0. The van der Waals surface area contributed by atoms with Crippen molar-refractivity contribution < 1.29 is 22.7 Å². The molecular formula is C20H19N3O5S2. The summed E-state index contributed by atoms with van der Waals surface area (Å²) in [7, 11) is -4.00. The van der Waals surface area contributed by atoms with E-state index in [-0.39, 0.29) is 11.3 Å². The van der Waals surface area contributed by atoms with Gasteiger partial charge in [0.25, 0.3) is 0 Å². The first-order valence-corrected chi connectivity index (χ1v) is 11.5. The highest BCUT2D eigenvalue weighted by atomic mass is 32.2. The van der Waals surface area contributed by atoms with Gasteiger partial charge >= 0.3 is 0 Å². The lowest BCUT2D eigenvalue weighted by Gasteiger charge is -2.21. The topological polar surface area (TPSA) is 107 Å². The molecular weight excluding hydrogens is 426 g/mol. The predicted octanol–water partition coefficient (Wildman–Crippen LogP) is 2.44. The van der Waals surface area contributed by atoms with E-state index in [0.29, 0.717) is 29.8 Å². The Bertz CT molecular complexity index is 1120. The van der Waals surface area contributed by atoms with Crippen LogP contribution in [0.1, 0.15) is 5.56 Å². The van der Waals surface area contributed by atoms with Crippen LogP contribution in [0.3, 0.4) is 0 Å². The number of rotatable bonds is 7. The largest absolute Gasteiger partial charge is 0.486 e. The highest BCUT2D eigenvalue weighted by Crippen LogP contribution is 2.32. The Labute approximate surface area is 177 Å². The summed E-state index contributed by atoms with van der Waals surface area (Å²) >= 11 is 1.25. The maximum Gasteiger partial charge on any atom is 0.244 e. The molecule has 0 saturated heterocycles. The van der Waals surface area contributed by atoms with E-state index in [4.69, 9.17) is 9.47 Å². The number of aromatic nitrogens is 1. The second-order valence-corrected chi connectivity index (χ2v) is 9.10. The van der Waals surface area contributed by atoms with Gasteiger partial charge in [0, 0.05) is 17.6 Å². The average Bonchev–Trinajstić information content (AvgIpc) is 3.26. The summed E-state index contributed by atoms with van der Waals surface area (Å²) < 4.78 is 39.5. The van der Waals surface area contributed by atoms with Crippen LogP contribution in [0.5, 0.6) is 11.5 Å². The van der Waals surface area contributed by atoms with Crippen molar-refractivity contribution in [3.63, 3.8) is 0 Å². The molecule has 0 unspecified atom stereocenters. The smallest absolute Gasteiger partial charge is 0.244 e. The van der Waals surface area contributed by atoms with Crippen LogP contribution in [0.4, 0.5) is 5.13 Å². The van der Waals surface area contributed by atoms with Crippen molar-refractivity contribution in [1.29, 1.82) is 0 Å². The Kier molecular flexibility index (Phi) is 5.98. The predicted molar refractivity (Wildman–Crippen MR) is 112 cm³/mol. The lowest BCUT2D eigenvalue weighted by molar-refractivity contribution is -0.117. The number of amides is 1. The normalized spacial score (nSPS) is 14.1.